The van der Waals surface area contributed by atoms with Gasteiger partial charge in [-0.1, -0.05) is 0 Å². The average molecular weight is 286 g/mol. The molecule has 0 aliphatic carbocycles. The first-order valence-electron chi connectivity index (χ1n) is 3.19. The molecule has 0 aliphatic rings. The zero-order valence-corrected chi connectivity index (χ0v) is 9.74. The van der Waals surface area contributed by atoms with Gasteiger partial charge in [-0.05, 0) is 28.9 Å². The first kappa shape index (κ1) is 10.7. The van der Waals surface area contributed by atoms with Crippen molar-refractivity contribution in [1.82, 2.24) is 4.98 Å². The van der Waals surface area contributed by atoms with Gasteiger partial charge in [-0.2, -0.15) is 0 Å². The van der Waals surface area contributed by atoms with Crippen LogP contribution < -0.4 is 5.73 Å². The van der Waals surface area contributed by atoms with E-state index in [4.69, 9.17) is 16.4 Å². The summed E-state index contributed by atoms with van der Waals surface area (Å²) in [7, 11) is 1.30. The summed E-state index contributed by atoms with van der Waals surface area (Å²) in [4.78, 5) is 3.63. The maximum Gasteiger partial charge on any atom is 0.265 e. The number of nitrogens with zero attached hydrogens (tertiary/aromatic N) is 1. The zero-order chi connectivity index (χ0) is 10.2. The highest BCUT2D eigenvalue weighted by Gasteiger charge is 2.16. The number of nitrogen functional groups attached to an aromatic ring is 1. The number of pyridine rings is 1. The Bertz CT molecular complexity index is 446. The van der Waals surface area contributed by atoms with Crippen LogP contribution in [0.5, 0.6) is 0 Å². The standard InChI is InChI=1S/C6H6BrClN2O2S/c1-3-4(7)2-5(6(9)10-3)13(8,11)12/h2H,1H3,(H2,9,10). The maximum atomic E-state index is 10.9. The molecule has 0 amide bonds. The van der Waals surface area contributed by atoms with Crippen LogP contribution in [0.25, 0.3) is 0 Å². The number of aromatic nitrogens is 1. The van der Waals surface area contributed by atoms with E-state index in [1.807, 2.05) is 0 Å². The molecule has 0 bridgehead atoms. The van der Waals surface area contributed by atoms with E-state index in [1.54, 1.807) is 6.92 Å². The molecule has 1 aromatic rings. The summed E-state index contributed by atoms with van der Waals surface area (Å²) < 4.78 is 22.4. The lowest BCUT2D eigenvalue weighted by molar-refractivity contribution is 0.609. The molecule has 7 heteroatoms. The molecule has 0 aliphatic heterocycles. The van der Waals surface area contributed by atoms with Crippen molar-refractivity contribution in [3.8, 4) is 0 Å². The molecule has 0 saturated carbocycles. The largest absolute Gasteiger partial charge is 0.383 e. The highest BCUT2D eigenvalue weighted by atomic mass is 79.9. The second kappa shape index (κ2) is 3.43. The number of hydrogen-bond acceptors (Lipinski definition) is 4. The summed E-state index contributed by atoms with van der Waals surface area (Å²) in [5.41, 5.74) is 5.99. The van der Waals surface area contributed by atoms with Gasteiger partial charge in [-0.3, -0.25) is 0 Å². The Morgan fingerprint density at radius 2 is 2.15 bits per heavy atom. The Kier molecular flexibility index (Phi) is 2.84. The van der Waals surface area contributed by atoms with Gasteiger partial charge in [0.05, 0.1) is 5.69 Å². The van der Waals surface area contributed by atoms with Crippen molar-refractivity contribution in [2.75, 3.05) is 5.73 Å². The second-order valence-corrected chi connectivity index (χ2v) is 5.77. The Balaban J connectivity index is 3.50. The Hall–Kier alpha value is -0.330. The average Bonchev–Trinajstić information content (AvgIpc) is 1.94. The molecule has 4 nitrogen and oxygen atoms in total. The molecule has 0 fully saturated rings. The monoisotopic (exact) mass is 284 g/mol. The number of rotatable bonds is 1. The molecule has 1 heterocycles. The first-order chi connectivity index (χ1) is 5.82. The van der Waals surface area contributed by atoms with Gasteiger partial charge in [0.25, 0.3) is 9.05 Å². The summed E-state index contributed by atoms with van der Waals surface area (Å²) in [6.45, 7) is 1.70. The van der Waals surface area contributed by atoms with E-state index in [2.05, 4.69) is 20.9 Å². The molecular weight excluding hydrogens is 280 g/mol. The Morgan fingerprint density at radius 1 is 1.62 bits per heavy atom. The molecule has 0 unspecified atom stereocenters. The van der Waals surface area contributed by atoms with Gasteiger partial charge in [0.15, 0.2) is 0 Å². The van der Waals surface area contributed by atoms with Gasteiger partial charge in [0, 0.05) is 15.2 Å². The minimum Gasteiger partial charge on any atom is -0.383 e. The fourth-order valence-electron chi connectivity index (χ4n) is 0.778. The molecule has 1 aromatic heterocycles. The van der Waals surface area contributed by atoms with Crippen LogP contribution in [0.2, 0.25) is 0 Å². The highest BCUT2D eigenvalue weighted by molar-refractivity contribution is 9.10. The second-order valence-electron chi connectivity index (χ2n) is 2.38. The highest BCUT2D eigenvalue weighted by Crippen LogP contribution is 2.25. The van der Waals surface area contributed by atoms with Crippen LogP contribution in [0.3, 0.4) is 0 Å². The number of nitrogens with two attached hydrogens (primary N) is 1. The van der Waals surface area contributed by atoms with E-state index in [-0.39, 0.29) is 10.7 Å². The van der Waals surface area contributed by atoms with E-state index in [1.165, 1.54) is 6.07 Å². The van der Waals surface area contributed by atoms with Crippen molar-refractivity contribution < 1.29 is 8.42 Å². The number of hydrogen-bond donors (Lipinski definition) is 1. The third-order valence-electron chi connectivity index (χ3n) is 1.41. The summed E-state index contributed by atoms with van der Waals surface area (Å²) in [5, 5.41) is 0. The Morgan fingerprint density at radius 3 is 2.62 bits per heavy atom. The van der Waals surface area contributed by atoms with Crippen molar-refractivity contribution in [3.05, 3.63) is 16.2 Å². The predicted octanol–water partition coefficient (Wildman–Crippen LogP) is 1.66. The molecule has 0 saturated heterocycles. The third kappa shape index (κ3) is 2.32. The molecule has 2 N–H and O–H groups in total. The van der Waals surface area contributed by atoms with Crippen molar-refractivity contribution in [2.24, 2.45) is 0 Å². The number of aryl methyl sites for hydroxylation is 1. The SMILES string of the molecule is Cc1nc(N)c(S(=O)(=O)Cl)cc1Br. The number of anilines is 1. The molecule has 0 radical (unpaired) electrons. The molecular formula is C6H6BrClN2O2S. The van der Waals surface area contributed by atoms with Gasteiger partial charge in [0.2, 0.25) is 0 Å². The van der Waals surface area contributed by atoms with Gasteiger partial charge < -0.3 is 5.73 Å². The van der Waals surface area contributed by atoms with E-state index in [0.29, 0.717) is 10.2 Å². The van der Waals surface area contributed by atoms with E-state index in [9.17, 15) is 8.42 Å². The molecule has 72 valence electrons. The van der Waals surface area contributed by atoms with Gasteiger partial charge in [-0.15, -0.1) is 0 Å². The van der Waals surface area contributed by atoms with Crippen molar-refractivity contribution in [1.29, 1.82) is 0 Å². The quantitative estimate of drug-likeness (QED) is 0.797. The summed E-state index contributed by atoms with van der Waals surface area (Å²) in [6.07, 6.45) is 0. The van der Waals surface area contributed by atoms with Crippen LogP contribution in [0.15, 0.2) is 15.4 Å². The van der Waals surface area contributed by atoms with Crippen LogP contribution in [-0.2, 0) is 9.05 Å². The van der Waals surface area contributed by atoms with Crippen LogP contribution in [0.1, 0.15) is 5.69 Å². The summed E-state index contributed by atoms with van der Waals surface area (Å²) >= 11 is 3.13. The van der Waals surface area contributed by atoms with Gasteiger partial charge in [0.1, 0.15) is 10.7 Å². The molecule has 0 aromatic carbocycles. The lowest BCUT2D eigenvalue weighted by Gasteiger charge is -2.03. The number of halogens is 2. The minimum absolute atomic E-state index is 0.0873. The molecule has 13 heavy (non-hydrogen) atoms. The minimum atomic E-state index is -3.82. The van der Waals surface area contributed by atoms with E-state index >= 15 is 0 Å². The molecule has 0 spiro atoms. The first-order valence-corrected chi connectivity index (χ1v) is 6.30. The van der Waals surface area contributed by atoms with Crippen LogP contribution in [-0.4, -0.2) is 13.4 Å². The van der Waals surface area contributed by atoms with E-state index < -0.39 is 9.05 Å². The third-order valence-corrected chi connectivity index (χ3v) is 3.56. The summed E-state index contributed by atoms with van der Waals surface area (Å²) in [5.74, 6) is -0.0873. The summed E-state index contributed by atoms with van der Waals surface area (Å²) in [6, 6.07) is 1.33. The normalized spacial score (nSPS) is 11.6. The van der Waals surface area contributed by atoms with E-state index in [0.717, 1.165) is 0 Å². The van der Waals surface area contributed by atoms with Crippen LogP contribution in [0.4, 0.5) is 5.82 Å². The van der Waals surface area contributed by atoms with Crippen molar-refractivity contribution >= 4 is 41.5 Å². The van der Waals surface area contributed by atoms with Gasteiger partial charge >= 0.3 is 0 Å². The predicted molar refractivity (Wildman–Crippen MR) is 54.1 cm³/mol. The van der Waals surface area contributed by atoms with Crippen molar-refractivity contribution in [3.63, 3.8) is 0 Å². The van der Waals surface area contributed by atoms with Crippen molar-refractivity contribution in [2.45, 2.75) is 11.8 Å². The Labute approximate surface area is 88.7 Å². The smallest absolute Gasteiger partial charge is 0.265 e. The lowest BCUT2D eigenvalue weighted by atomic mass is 10.4. The maximum absolute atomic E-state index is 10.9. The topological polar surface area (TPSA) is 73.0 Å². The zero-order valence-electron chi connectivity index (χ0n) is 6.58. The molecule has 1 rings (SSSR count). The fourth-order valence-corrected chi connectivity index (χ4v) is 2.17. The lowest BCUT2D eigenvalue weighted by Crippen LogP contribution is -2.02. The van der Waals surface area contributed by atoms with Crippen LogP contribution >= 0.6 is 26.6 Å². The molecule has 0 atom stereocenters. The van der Waals surface area contributed by atoms with Gasteiger partial charge in [-0.25, -0.2) is 13.4 Å². The van der Waals surface area contributed by atoms with Crippen LogP contribution in [0, 0.1) is 6.92 Å². The fraction of sp³-hybridized carbons (Fsp3) is 0.167.